The molecule has 24 nitrogen and oxygen atoms in total. The molecular formula is C85H88F6N12O12S2. The van der Waals surface area contributed by atoms with Gasteiger partial charge in [-0.05, 0) is 149 Å². The van der Waals surface area contributed by atoms with Crippen LogP contribution < -0.4 is 29.9 Å². The number of hydrogen-bond donors (Lipinski definition) is 3. The number of aromatic nitrogens is 4. The number of carboxylic acids is 1. The summed E-state index contributed by atoms with van der Waals surface area (Å²) in [5, 5.41) is 15.9. The fourth-order valence-electron chi connectivity index (χ4n) is 14.5. The number of nitrogens with one attached hydrogen (secondary N) is 2. The second-order valence-electron chi connectivity index (χ2n) is 30.5. The molecule has 14 rings (SSSR count). The Bertz CT molecular complexity index is 5280. The SMILES string of the molecule is CC(C)(C)OC(=O)c1nc(N2CCc3cccc(C(=O)Nc4nc5ccccc5s4)c3C2)ccc1-c1cccc(OCCN2CCN(CC(=O)O)CC2)c1C(F)(F)F.COC(=O)CN1CCN(CCOc2cccc(-c3ccc(N4CCc5cccc(C(=O)Nc6nc7ccccc7s6)c5C4)nc3C(=O)OC(C)(C)C)c2C(F)(F)F)CC1. The van der Waals surface area contributed by atoms with Crippen LogP contribution in [0.3, 0.4) is 0 Å². The van der Waals surface area contributed by atoms with Gasteiger partial charge in [0.25, 0.3) is 11.8 Å². The monoisotopic (exact) mass is 1650 g/mol. The highest BCUT2D eigenvalue weighted by Gasteiger charge is 2.42. The average molecular weight is 1650 g/mol. The van der Waals surface area contributed by atoms with Gasteiger partial charge in [-0.1, -0.05) is 95.5 Å². The van der Waals surface area contributed by atoms with Gasteiger partial charge in [-0.25, -0.2) is 29.5 Å². The van der Waals surface area contributed by atoms with Gasteiger partial charge in [0.05, 0.1) is 40.6 Å². The summed E-state index contributed by atoms with van der Waals surface area (Å²) in [7, 11) is 1.34. The van der Waals surface area contributed by atoms with E-state index in [4.69, 9.17) is 33.8 Å². The lowest BCUT2D eigenvalue weighted by molar-refractivity contribution is -0.142. The standard InChI is InChI=1S/C43H45F3N6O6S.C42H43F3N6O6S/c1-42(2,3)58-40(55)38-29(28-10-8-13-33(37(28)43(44,45)46)57-24-23-50-19-21-51(22-20-50)26-36(53)56-4)15-16-35(48-38)52-18-17-27-9-7-11-30(31(27)25-52)39(54)49-41-47-32-12-5-6-14-34(32)59-41;1-41(2,3)57-39(55)37-28(27-9-7-12-32(36(27)42(43,44)45)56-23-22-49-18-20-50(21-19-49)25-35(52)53)14-15-34(47-37)51-17-16-26-8-6-10-29(30(26)24-51)38(54)48-40-46-31-11-4-5-13-33(31)58-40/h5-16H,17-26H2,1-4H3,(H,47,49,54);4-15H,16-25H2,1-3H3,(H,52,53)(H,46,48,54). The first-order valence-electron chi connectivity index (χ1n) is 38.2. The van der Waals surface area contributed by atoms with E-state index in [-0.39, 0.29) is 96.6 Å². The molecule has 0 radical (unpaired) electrons. The van der Waals surface area contributed by atoms with Crippen molar-refractivity contribution in [2.45, 2.75) is 91.0 Å². The molecule has 6 aromatic carbocycles. The molecule has 0 aliphatic carbocycles. The molecule has 0 bridgehead atoms. The fourth-order valence-corrected chi connectivity index (χ4v) is 16.2. The van der Waals surface area contributed by atoms with Crippen LogP contribution in [0, 0.1) is 0 Å². The van der Waals surface area contributed by atoms with Gasteiger partial charge >= 0.3 is 36.2 Å². The fraction of sp³-hybridized carbons (Fsp3) is 0.365. The van der Waals surface area contributed by atoms with Crippen molar-refractivity contribution in [2.75, 3.05) is 132 Å². The summed E-state index contributed by atoms with van der Waals surface area (Å²) in [6.07, 6.45) is -8.60. The van der Waals surface area contributed by atoms with E-state index in [1.807, 2.05) is 92.4 Å². The zero-order chi connectivity index (χ0) is 83.1. The Morgan fingerprint density at radius 3 is 1.23 bits per heavy atom. The number of carbonyl (C=O) groups excluding carboxylic acids is 5. The smallest absolute Gasteiger partial charge is 0.420 e. The number of thiazole rings is 2. The molecule has 4 aliphatic heterocycles. The zero-order valence-corrected chi connectivity index (χ0v) is 67.1. The van der Waals surface area contributed by atoms with Crippen molar-refractivity contribution in [1.82, 2.24) is 39.5 Å². The van der Waals surface area contributed by atoms with Crippen LogP contribution in [0.25, 0.3) is 42.7 Å². The van der Waals surface area contributed by atoms with Gasteiger partial charge in [0.2, 0.25) is 0 Å². The van der Waals surface area contributed by atoms with Crippen LogP contribution >= 0.6 is 22.7 Å². The normalized spacial score (nSPS) is 15.2. The number of anilines is 4. The molecule has 4 aliphatic rings. The summed E-state index contributed by atoms with van der Waals surface area (Å²) in [6.45, 7) is 16.9. The van der Waals surface area contributed by atoms with Crippen LogP contribution in [0.1, 0.15) is 117 Å². The molecule has 8 heterocycles. The number of para-hydroxylation sites is 2. The van der Waals surface area contributed by atoms with Gasteiger partial charge in [0.15, 0.2) is 21.7 Å². The van der Waals surface area contributed by atoms with Crippen molar-refractivity contribution in [3.8, 4) is 33.8 Å². The number of aliphatic carboxylic acids is 1. The molecule has 614 valence electrons. The summed E-state index contributed by atoms with van der Waals surface area (Å²) < 4.78 is 120. The van der Waals surface area contributed by atoms with Gasteiger partial charge in [0.1, 0.15) is 58.7 Å². The van der Waals surface area contributed by atoms with Gasteiger partial charge in [-0.3, -0.25) is 49.4 Å². The lowest BCUT2D eigenvalue weighted by Gasteiger charge is -2.33. The number of ether oxygens (including phenoxy) is 5. The minimum absolute atomic E-state index is 0.0172. The molecule has 4 aromatic heterocycles. The molecule has 10 aromatic rings. The molecule has 0 unspecified atom stereocenters. The van der Waals surface area contributed by atoms with Gasteiger partial charge < -0.3 is 38.6 Å². The number of carboxylic acid groups (broad SMARTS) is 1. The molecule has 117 heavy (non-hydrogen) atoms. The molecular weight excluding hydrogens is 1560 g/mol. The number of pyridine rings is 2. The second kappa shape index (κ2) is 35.7. The number of hydrogen-bond acceptors (Lipinski definition) is 23. The lowest BCUT2D eigenvalue weighted by atomic mass is 9.94. The third-order valence-corrected chi connectivity index (χ3v) is 22.0. The number of methoxy groups -OCH3 is 1. The predicted molar refractivity (Wildman–Crippen MR) is 434 cm³/mol. The highest BCUT2D eigenvalue weighted by Crippen LogP contribution is 2.47. The van der Waals surface area contributed by atoms with Crippen molar-refractivity contribution in [3.05, 3.63) is 201 Å². The van der Waals surface area contributed by atoms with E-state index in [0.717, 1.165) is 42.7 Å². The number of amides is 2. The maximum atomic E-state index is 15.0. The summed E-state index contributed by atoms with van der Waals surface area (Å²) in [5.74, 6) is -3.74. The number of carbonyl (C=O) groups is 6. The van der Waals surface area contributed by atoms with Crippen LogP contribution in [0.4, 0.5) is 48.2 Å². The van der Waals surface area contributed by atoms with Crippen molar-refractivity contribution < 1.29 is 83.9 Å². The summed E-state index contributed by atoms with van der Waals surface area (Å²) in [5.41, 5.74) is 0.700. The minimum atomic E-state index is -4.86. The average Bonchev–Trinajstić information content (AvgIpc) is 1.28. The van der Waals surface area contributed by atoms with Crippen LogP contribution in [-0.4, -0.2) is 203 Å². The number of fused-ring (bicyclic) bond motifs is 4. The molecule has 3 N–H and O–H groups in total. The first-order chi connectivity index (χ1) is 55.8. The Labute approximate surface area is 679 Å². The zero-order valence-electron chi connectivity index (χ0n) is 65.5. The van der Waals surface area contributed by atoms with E-state index in [9.17, 15) is 28.8 Å². The van der Waals surface area contributed by atoms with Gasteiger partial charge in [-0.15, -0.1) is 0 Å². The largest absolute Gasteiger partial charge is 0.492 e. The van der Waals surface area contributed by atoms with Crippen molar-refractivity contribution in [1.29, 1.82) is 0 Å². The Kier molecular flexibility index (Phi) is 25.6. The number of rotatable bonds is 22. The minimum Gasteiger partial charge on any atom is -0.492 e. The Morgan fingerprint density at radius 1 is 0.453 bits per heavy atom. The van der Waals surface area contributed by atoms with E-state index in [2.05, 4.69) is 30.5 Å². The topological polar surface area (TPSA) is 264 Å². The maximum absolute atomic E-state index is 15.0. The first kappa shape index (κ1) is 83.8. The van der Waals surface area contributed by atoms with Crippen LogP contribution in [0.2, 0.25) is 0 Å². The Hall–Kier alpha value is -11.2. The highest BCUT2D eigenvalue weighted by atomic mass is 32.1. The van der Waals surface area contributed by atoms with Gasteiger partial charge in [0, 0.05) is 125 Å². The molecule has 2 fully saturated rings. The predicted octanol–water partition coefficient (Wildman–Crippen LogP) is 14.5. The number of benzene rings is 6. The van der Waals surface area contributed by atoms with E-state index in [0.29, 0.717) is 124 Å². The number of esters is 3. The molecule has 2 amide bonds. The lowest BCUT2D eigenvalue weighted by Crippen LogP contribution is -2.48. The van der Waals surface area contributed by atoms with Crippen molar-refractivity contribution in [3.63, 3.8) is 0 Å². The van der Waals surface area contributed by atoms with Crippen molar-refractivity contribution >= 4 is 101 Å². The van der Waals surface area contributed by atoms with E-state index < -0.39 is 58.3 Å². The van der Waals surface area contributed by atoms with E-state index >= 15 is 26.3 Å². The molecule has 0 atom stereocenters. The first-order valence-corrected chi connectivity index (χ1v) is 39.8. The van der Waals surface area contributed by atoms with E-state index in [1.165, 1.54) is 78.3 Å². The third kappa shape index (κ3) is 20.8. The molecule has 32 heteroatoms. The van der Waals surface area contributed by atoms with Crippen LogP contribution in [0.15, 0.2) is 146 Å². The van der Waals surface area contributed by atoms with Gasteiger partial charge in [-0.2, -0.15) is 26.3 Å². The number of alkyl halides is 6. The maximum Gasteiger partial charge on any atom is 0.420 e. The Morgan fingerprint density at radius 2 is 0.846 bits per heavy atom. The highest BCUT2D eigenvalue weighted by molar-refractivity contribution is 7.22. The summed E-state index contributed by atoms with van der Waals surface area (Å²) in [6, 6.07) is 40.4. The summed E-state index contributed by atoms with van der Waals surface area (Å²) >= 11 is 2.75. The quantitative estimate of drug-likeness (QED) is 0.0323. The molecule has 0 spiro atoms. The third-order valence-electron chi connectivity index (χ3n) is 20.1. The van der Waals surface area contributed by atoms with Crippen LogP contribution in [-0.2, 0) is 62.1 Å². The molecule has 0 saturated carbocycles. The van der Waals surface area contributed by atoms with Crippen molar-refractivity contribution in [2.24, 2.45) is 0 Å². The number of piperazine rings is 2. The molecule has 2 saturated heterocycles. The summed E-state index contributed by atoms with van der Waals surface area (Å²) in [4.78, 5) is 108. The van der Waals surface area contributed by atoms with E-state index in [1.54, 1.807) is 70.7 Å². The number of nitrogens with zero attached hydrogens (tertiary/aromatic N) is 10. The second-order valence-corrected chi connectivity index (χ2v) is 32.6. The van der Waals surface area contributed by atoms with Crippen LogP contribution in [0.5, 0.6) is 11.5 Å². The number of halogens is 6. The Balaban J connectivity index is 0.000000203.